The van der Waals surface area contributed by atoms with Gasteiger partial charge in [-0.15, -0.1) is 0 Å². The molecule has 1 saturated heterocycles. The Labute approximate surface area is 127 Å². The van der Waals surface area contributed by atoms with Crippen LogP contribution in [0.15, 0.2) is 16.7 Å². The van der Waals surface area contributed by atoms with Crippen molar-refractivity contribution in [1.82, 2.24) is 0 Å². The van der Waals surface area contributed by atoms with Crippen molar-refractivity contribution in [3.63, 3.8) is 0 Å². The lowest BCUT2D eigenvalue weighted by atomic mass is 9.63. The summed E-state index contributed by atoms with van der Waals surface area (Å²) in [6, 6.07) is 0. The zero-order chi connectivity index (χ0) is 16.1. The number of nitrogens with zero attached hydrogens (tertiary/aromatic N) is 1. The van der Waals surface area contributed by atoms with E-state index in [1.54, 1.807) is 14.2 Å². The lowest BCUT2D eigenvalue weighted by molar-refractivity contribution is -0.0556. The van der Waals surface area contributed by atoms with Gasteiger partial charge in [0, 0.05) is 25.8 Å². The van der Waals surface area contributed by atoms with Crippen molar-refractivity contribution in [3.8, 4) is 0 Å². The van der Waals surface area contributed by atoms with Crippen molar-refractivity contribution in [3.05, 3.63) is 11.7 Å². The molecule has 0 bridgehead atoms. The first-order valence-corrected chi connectivity index (χ1v) is 7.27. The van der Waals surface area contributed by atoms with Crippen LogP contribution in [0.2, 0.25) is 0 Å². The van der Waals surface area contributed by atoms with Crippen LogP contribution in [0.3, 0.4) is 0 Å². The molecule has 0 aromatic carbocycles. The number of rotatable bonds is 4. The van der Waals surface area contributed by atoms with Gasteiger partial charge in [0.2, 0.25) is 0 Å². The fourth-order valence-electron chi connectivity index (χ4n) is 2.61. The van der Waals surface area contributed by atoms with E-state index in [-0.39, 0.29) is 16.6 Å². The van der Waals surface area contributed by atoms with E-state index in [2.05, 4.69) is 18.8 Å². The second-order valence-electron chi connectivity index (χ2n) is 7.12. The Morgan fingerprint density at radius 2 is 1.48 bits per heavy atom. The second-order valence-corrected chi connectivity index (χ2v) is 7.12. The molecule has 6 heteroatoms. The SMILES string of the molecule is COC(OC)C1=NC=C(B2OC(C)(C)C(C)(C)O2)C1(C)C. The summed E-state index contributed by atoms with van der Waals surface area (Å²) in [7, 11) is 2.82. The molecule has 0 N–H and O–H groups in total. The van der Waals surface area contributed by atoms with Crippen LogP contribution in [0.4, 0.5) is 0 Å². The maximum absolute atomic E-state index is 6.13. The predicted octanol–water partition coefficient (Wildman–Crippen LogP) is 2.60. The molecule has 0 amide bonds. The molecule has 21 heavy (non-hydrogen) atoms. The summed E-state index contributed by atoms with van der Waals surface area (Å²) in [6.45, 7) is 12.4. The molecule has 0 spiro atoms. The van der Waals surface area contributed by atoms with Crippen molar-refractivity contribution in [2.75, 3.05) is 14.2 Å². The first-order valence-electron chi connectivity index (χ1n) is 7.27. The Balaban J connectivity index is 2.22. The van der Waals surface area contributed by atoms with E-state index in [1.165, 1.54) is 0 Å². The predicted molar refractivity (Wildman–Crippen MR) is 83.2 cm³/mol. The minimum Gasteiger partial charge on any atom is -0.400 e. The number of hydrogen-bond donors (Lipinski definition) is 0. The number of hydrogen-bond acceptors (Lipinski definition) is 5. The van der Waals surface area contributed by atoms with E-state index < -0.39 is 13.4 Å². The number of methoxy groups -OCH3 is 2. The molecule has 0 aromatic rings. The van der Waals surface area contributed by atoms with Crippen LogP contribution in [0.5, 0.6) is 0 Å². The Hall–Kier alpha value is -0.685. The molecule has 2 aliphatic rings. The smallest absolute Gasteiger partial charge is 0.400 e. The first kappa shape index (κ1) is 16.7. The van der Waals surface area contributed by atoms with E-state index >= 15 is 0 Å². The minimum absolute atomic E-state index is 0.335. The summed E-state index contributed by atoms with van der Waals surface area (Å²) in [6.07, 6.45) is 1.36. The van der Waals surface area contributed by atoms with Crippen molar-refractivity contribution >= 4 is 12.8 Å². The lowest BCUT2D eigenvalue weighted by Crippen LogP contribution is -2.41. The average Bonchev–Trinajstić information content (AvgIpc) is 2.75. The molecule has 5 nitrogen and oxygen atoms in total. The Kier molecular flexibility index (Phi) is 4.13. The fourth-order valence-corrected chi connectivity index (χ4v) is 2.61. The van der Waals surface area contributed by atoms with Crippen molar-refractivity contribution in [1.29, 1.82) is 0 Å². The average molecular weight is 295 g/mol. The number of ether oxygens (including phenoxy) is 2. The van der Waals surface area contributed by atoms with Crippen LogP contribution in [0, 0.1) is 5.41 Å². The van der Waals surface area contributed by atoms with E-state index in [1.807, 2.05) is 33.9 Å². The largest absolute Gasteiger partial charge is 0.493 e. The molecule has 0 saturated carbocycles. The van der Waals surface area contributed by atoms with Crippen LogP contribution < -0.4 is 0 Å². The van der Waals surface area contributed by atoms with Gasteiger partial charge in [-0.25, -0.2) is 0 Å². The second kappa shape index (κ2) is 5.20. The van der Waals surface area contributed by atoms with Crippen LogP contribution in [0.25, 0.3) is 0 Å². The van der Waals surface area contributed by atoms with Crippen LogP contribution in [-0.4, -0.2) is 44.5 Å². The summed E-state index contributed by atoms with van der Waals surface area (Å²) in [5.74, 6) is 0. The highest BCUT2D eigenvalue weighted by atomic mass is 16.7. The quantitative estimate of drug-likeness (QED) is 0.591. The van der Waals surface area contributed by atoms with Crippen molar-refractivity contribution in [2.45, 2.75) is 59.0 Å². The molecule has 2 rings (SSSR count). The Morgan fingerprint density at radius 3 is 1.90 bits per heavy atom. The summed E-state index contributed by atoms with van der Waals surface area (Å²) in [5, 5.41) is 0. The summed E-state index contributed by atoms with van der Waals surface area (Å²) < 4.78 is 23.0. The number of aliphatic imine (C=N–C) groups is 1. The molecule has 0 aliphatic carbocycles. The van der Waals surface area contributed by atoms with Gasteiger partial charge in [0.05, 0.1) is 16.9 Å². The maximum Gasteiger partial charge on any atom is 0.493 e. The van der Waals surface area contributed by atoms with Crippen molar-refractivity contribution in [2.24, 2.45) is 10.4 Å². The van der Waals surface area contributed by atoms with Gasteiger partial charge < -0.3 is 18.8 Å². The Bertz CT molecular complexity index is 462. The molecule has 0 radical (unpaired) electrons. The van der Waals surface area contributed by atoms with E-state index in [0.717, 1.165) is 11.2 Å². The van der Waals surface area contributed by atoms with Gasteiger partial charge in [-0.3, -0.25) is 4.99 Å². The molecule has 118 valence electrons. The molecular formula is C15H26BNO4. The highest BCUT2D eigenvalue weighted by Gasteiger charge is 2.56. The standard InChI is InChI=1S/C15H26BNO4/c1-13(2)10(9-17-11(13)12(18-7)19-8)16-20-14(3,4)15(5,6)21-16/h9,12H,1-8H3. The third-order valence-electron chi connectivity index (χ3n) is 4.86. The van der Waals surface area contributed by atoms with Crippen molar-refractivity contribution < 1.29 is 18.8 Å². The fraction of sp³-hybridized carbons (Fsp3) is 0.800. The molecule has 0 unspecified atom stereocenters. The highest BCUT2D eigenvalue weighted by molar-refractivity contribution is 6.56. The van der Waals surface area contributed by atoms with Crippen LogP contribution >= 0.6 is 0 Å². The lowest BCUT2D eigenvalue weighted by Gasteiger charge is -2.32. The van der Waals surface area contributed by atoms with E-state index in [0.29, 0.717) is 0 Å². The maximum atomic E-state index is 6.13. The van der Waals surface area contributed by atoms with Gasteiger partial charge in [-0.2, -0.15) is 0 Å². The number of allylic oxidation sites excluding steroid dienone is 1. The van der Waals surface area contributed by atoms with E-state index in [4.69, 9.17) is 18.8 Å². The van der Waals surface area contributed by atoms with Gasteiger partial charge in [0.15, 0.2) is 6.29 Å². The monoisotopic (exact) mass is 295 g/mol. The third kappa shape index (κ3) is 2.59. The first-order chi connectivity index (χ1) is 9.56. The van der Waals surface area contributed by atoms with Crippen LogP contribution in [-0.2, 0) is 18.8 Å². The molecule has 2 heterocycles. The summed E-state index contributed by atoms with van der Waals surface area (Å²) in [5.41, 5.74) is 0.767. The molecular weight excluding hydrogens is 269 g/mol. The summed E-state index contributed by atoms with van der Waals surface area (Å²) in [4.78, 5) is 4.50. The topological polar surface area (TPSA) is 49.3 Å². The van der Waals surface area contributed by atoms with Gasteiger partial charge in [-0.05, 0) is 33.2 Å². The summed E-state index contributed by atoms with van der Waals surface area (Å²) >= 11 is 0. The van der Waals surface area contributed by atoms with Crippen LogP contribution in [0.1, 0.15) is 41.5 Å². The zero-order valence-corrected chi connectivity index (χ0v) is 14.3. The highest BCUT2D eigenvalue weighted by Crippen LogP contribution is 2.45. The normalized spacial score (nSPS) is 26.2. The molecule has 2 aliphatic heterocycles. The minimum atomic E-state index is -0.462. The van der Waals surface area contributed by atoms with Gasteiger partial charge >= 0.3 is 7.12 Å². The van der Waals surface area contributed by atoms with Gasteiger partial charge in [0.25, 0.3) is 0 Å². The molecule has 0 atom stereocenters. The molecule has 1 fully saturated rings. The van der Waals surface area contributed by atoms with Gasteiger partial charge in [0.1, 0.15) is 0 Å². The zero-order valence-electron chi connectivity index (χ0n) is 14.3. The Morgan fingerprint density at radius 1 is 1.00 bits per heavy atom. The molecule has 0 aromatic heterocycles. The third-order valence-corrected chi connectivity index (χ3v) is 4.86. The van der Waals surface area contributed by atoms with E-state index in [9.17, 15) is 0 Å². The van der Waals surface area contributed by atoms with Gasteiger partial charge in [-0.1, -0.05) is 13.8 Å².